The Balaban J connectivity index is 0.00000259. The van der Waals surface area contributed by atoms with Gasteiger partial charge in [0.15, 0.2) is 0 Å². The van der Waals surface area contributed by atoms with E-state index >= 15 is 0 Å². The van der Waals surface area contributed by atoms with Gasteiger partial charge in [0.25, 0.3) is 0 Å². The van der Waals surface area contributed by atoms with Crippen molar-refractivity contribution in [1.82, 2.24) is 4.90 Å². The minimum Gasteiger partial charge on any atom is -0.378 e. The maximum atomic E-state index is 5.62. The van der Waals surface area contributed by atoms with E-state index in [9.17, 15) is 0 Å². The summed E-state index contributed by atoms with van der Waals surface area (Å²) in [6, 6.07) is 7.44. The van der Waals surface area contributed by atoms with E-state index in [2.05, 4.69) is 60.6 Å². The Morgan fingerprint density at radius 1 is 0.848 bits per heavy atom. The second-order valence-electron chi connectivity index (χ2n) is 12.7. The molecule has 33 heavy (non-hydrogen) atoms. The van der Waals surface area contributed by atoms with Crippen LogP contribution in [0.5, 0.6) is 0 Å². The van der Waals surface area contributed by atoms with E-state index in [1.165, 1.54) is 76.2 Å². The molecule has 5 heteroatoms. The van der Waals surface area contributed by atoms with Gasteiger partial charge >= 0.3 is 0 Å². The lowest BCUT2D eigenvalue weighted by Gasteiger charge is -2.46. The topological polar surface area (TPSA) is 19.0 Å². The fraction of sp³-hybridized carbons (Fsp3) is 0.786. The second kappa shape index (κ2) is 9.95. The van der Waals surface area contributed by atoms with Crippen LogP contribution in [-0.4, -0.2) is 63.9 Å². The number of hydrogen-bond donors (Lipinski definition) is 0. The van der Waals surface area contributed by atoms with Crippen molar-refractivity contribution in [2.45, 2.75) is 65.7 Å². The van der Waals surface area contributed by atoms with Crippen molar-refractivity contribution in [3.8, 4) is 0 Å². The molecular formula is C28H46ClN3O. The number of ether oxygens (including phenoxy) is 1. The van der Waals surface area contributed by atoms with Crippen molar-refractivity contribution in [2.24, 2.45) is 16.7 Å². The van der Waals surface area contributed by atoms with Crippen LogP contribution in [0.1, 0.15) is 71.3 Å². The SMILES string of the molecule is CC1(C)CC(c2ccc(N3CCOCC3)cc2N2CCN(CC3CC3)CC2)CC(C)(C)C1.Cl. The molecule has 0 N–H and O–H groups in total. The number of rotatable bonds is 5. The fourth-order valence-electron chi connectivity index (χ4n) is 7.07. The number of anilines is 2. The minimum absolute atomic E-state index is 0. The lowest BCUT2D eigenvalue weighted by Crippen LogP contribution is -2.47. The Bertz CT molecular complexity index is 776. The lowest BCUT2D eigenvalue weighted by atomic mass is 9.60. The van der Waals surface area contributed by atoms with Gasteiger partial charge in [0.05, 0.1) is 13.2 Å². The van der Waals surface area contributed by atoms with Gasteiger partial charge in [-0.2, -0.15) is 0 Å². The van der Waals surface area contributed by atoms with E-state index < -0.39 is 0 Å². The van der Waals surface area contributed by atoms with Gasteiger partial charge in [-0.1, -0.05) is 33.8 Å². The highest BCUT2D eigenvalue weighted by atomic mass is 35.5. The van der Waals surface area contributed by atoms with Gasteiger partial charge in [-0.25, -0.2) is 0 Å². The summed E-state index contributed by atoms with van der Waals surface area (Å²) in [5.41, 5.74) is 5.35. The van der Waals surface area contributed by atoms with Crippen molar-refractivity contribution >= 4 is 23.8 Å². The number of piperazine rings is 1. The van der Waals surface area contributed by atoms with Crippen LogP contribution in [0, 0.1) is 16.7 Å². The van der Waals surface area contributed by atoms with Gasteiger partial charge in [-0.3, -0.25) is 4.90 Å². The Labute approximate surface area is 208 Å². The molecule has 1 aromatic carbocycles. The summed E-state index contributed by atoms with van der Waals surface area (Å²) in [4.78, 5) is 7.96. The third kappa shape index (κ3) is 6.18. The Hall–Kier alpha value is -0.970. The van der Waals surface area contributed by atoms with Crippen LogP contribution in [0.2, 0.25) is 0 Å². The molecule has 0 aromatic heterocycles. The smallest absolute Gasteiger partial charge is 0.0642 e. The van der Waals surface area contributed by atoms with E-state index in [4.69, 9.17) is 4.74 Å². The average Bonchev–Trinajstić information content (AvgIpc) is 3.56. The Morgan fingerprint density at radius 2 is 1.48 bits per heavy atom. The zero-order valence-electron chi connectivity index (χ0n) is 21.4. The molecule has 0 amide bonds. The van der Waals surface area contributed by atoms with Crippen LogP contribution in [0.4, 0.5) is 11.4 Å². The molecule has 2 saturated heterocycles. The van der Waals surface area contributed by atoms with Gasteiger partial charge in [0.1, 0.15) is 0 Å². The van der Waals surface area contributed by atoms with Crippen molar-refractivity contribution in [2.75, 3.05) is 68.8 Å². The molecule has 0 atom stereocenters. The van der Waals surface area contributed by atoms with Crippen molar-refractivity contribution < 1.29 is 4.74 Å². The molecule has 0 spiro atoms. The van der Waals surface area contributed by atoms with E-state index in [1.807, 2.05) is 0 Å². The van der Waals surface area contributed by atoms with Crippen molar-refractivity contribution in [3.05, 3.63) is 23.8 Å². The second-order valence-corrected chi connectivity index (χ2v) is 12.7. The quantitative estimate of drug-likeness (QED) is 0.535. The average molecular weight is 476 g/mol. The van der Waals surface area contributed by atoms with E-state index in [1.54, 1.807) is 5.56 Å². The molecule has 2 heterocycles. The maximum Gasteiger partial charge on any atom is 0.0642 e. The molecule has 4 nitrogen and oxygen atoms in total. The zero-order chi connectivity index (χ0) is 22.3. The first-order chi connectivity index (χ1) is 15.3. The molecular weight excluding hydrogens is 430 g/mol. The largest absolute Gasteiger partial charge is 0.378 e. The molecule has 1 aromatic rings. The molecule has 2 saturated carbocycles. The maximum absolute atomic E-state index is 5.62. The lowest BCUT2D eigenvalue weighted by molar-refractivity contribution is 0.0969. The highest BCUT2D eigenvalue weighted by Crippen LogP contribution is 2.53. The van der Waals surface area contributed by atoms with Gasteiger partial charge in [-0.15, -0.1) is 12.4 Å². The molecule has 0 unspecified atom stereocenters. The van der Waals surface area contributed by atoms with Gasteiger partial charge in [0.2, 0.25) is 0 Å². The number of halogens is 1. The predicted molar refractivity (Wildman–Crippen MR) is 142 cm³/mol. The first kappa shape index (κ1) is 25.1. The monoisotopic (exact) mass is 475 g/mol. The fourth-order valence-corrected chi connectivity index (χ4v) is 7.07. The summed E-state index contributed by atoms with van der Waals surface area (Å²) < 4.78 is 5.62. The van der Waals surface area contributed by atoms with Gasteiger partial charge in [0, 0.05) is 57.2 Å². The first-order valence-corrected chi connectivity index (χ1v) is 13.2. The van der Waals surface area contributed by atoms with E-state index in [0.717, 1.165) is 32.2 Å². The highest BCUT2D eigenvalue weighted by Gasteiger charge is 2.40. The van der Waals surface area contributed by atoms with Crippen LogP contribution in [0.25, 0.3) is 0 Å². The van der Waals surface area contributed by atoms with Crippen LogP contribution in [0.15, 0.2) is 18.2 Å². The third-order valence-electron chi connectivity index (χ3n) is 8.31. The predicted octanol–water partition coefficient (Wildman–Crippen LogP) is 5.80. The summed E-state index contributed by atoms with van der Waals surface area (Å²) in [7, 11) is 0. The number of morpholine rings is 1. The standard InChI is InChI=1S/C28H45N3O.ClH/c1-27(2)18-23(19-28(3,4)21-27)25-8-7-24(30-13-15-32-16-14-30)17-26(25)31-11-9-29(10-12-31)20-22-5-6-22;/h7-8,17,22-23H,5-6,9-16,18-21H2,1-4H3;1H. The van der Waals surface area contributed by atoms with Crippen molar-refractivity contribution in [1.29, 1.82) is 0 Å². The van der Waals surface area contributed by atoms with E-state index in [-0.39, 0.29) is 12.4 Å². The third-order valence-corrected chi connectivity index (χ3v) is 8.31. The molecule has 2 aliphatic carbocycles. The molecule has 5 rings (SSSR count). The first-order valence-electron chi connectivity index (χ1n) is 13.2. The van der Waals surface area contributed by atoms with Gasteiger partial charge in [-0.05, 0) is 72.5 Å². The van der Waals surface area contributed by atoms with Crippen LogP contribution < -0.4 is 9.80 Å². The number of benzene rings is 1. The summed E-state index contributed by atoms with van der Waals surface area (Å²) in [6.45, 7) is 19.8. The minimum atomic E-state index is 0. The summed E-state index contributed by atoms with van der Waals surface area (Å²) in [6.07, 6.45) is 6.86. The normalized spacial score (nSPS) is 26.2. The highest BCUT2D eigenvalue weighted by molar-refractivity contribution is 5.85. The molecule has 4 fully saturated rings. The summed E-state index contributed by atoms with van der Waals surface area (Å²) >= 11 is 0. The number of nitrogens with zero attached hydrogens (tertiary/aromatic N) is 3. The van der Waals surface area contributed by atoms with Crippen molar-refractivity contribution in [3.63, 3.8) is 0 Å². The molecule has 4 aliphatic rings. The summed E-state index contributed by atoms with van der Waals surface area (Å²) in [5.74, 6) is 1.65. The molecule has 0 radical (unpaired) electrons. The van der Waals surface area contributed by atoms with Crippen LogP contribution >= 0.6 is 12.4 Å². The van der Waals surface area contributed by atoms with E-state index in [0.29, 0.717) is 16.7 Å². The Morgan fingerprint density at radius 3 is 2.09 bits per heavy atom. The number of hydrogen-bond acceptors (Lipinski definition) is 4. The Kier molecular flexibility index (Phi) is 7.58. The zero-order valence-corrected chi connectivity index (χ0v) is 22.3. The molecule has 2 aliphatic heterocycles. The molecule has 0 bridgehead atoms. The summed E-state index contributed by atoms with van der Waals surface area (Å²) in [5, 5.41) is 0. The molecule has 186 valence electrons. The van der Waals surface area contributed by atoms with Gasteiger partial charge < -0.3 is 14.5 Å². The van der Waals surface area contributed by atoms with Crippen LogP contribution in [-0.2, 0) is 4.74 Å². The van der Waals surface area contributed by atoms with Crippen LogP contribution in [0.3, 0.4) is 0 Å².